The minimum atomic E-state index is -4.77. The van der Waals surface area contributed by atoms with Crippen molar-refractivity contribution in [2.75, 3.05) is 10.6 Å². The Bertz CT molecular complexity index is 660. The molecule has 0 bridgehead atoms. The third-order valence-corrected chi connectivity index (χ3v) is 2.38. The molecule has 0 radical (unpaired) electrons. The molecule has 0 atom stereocenters. The maximum absolute atomic E-state index is 12.0. The molecule has 9 heteroatoms. The molecule has 2 rings (SSSR count). The van der Waals surface area contributed by atoms with E-state index in [0.29, 0.717) is 0 Å². The van der Waals surface area contributed by atoms with Crippen LogP contribution in [0.25, 0.3) is 0 Å². The van der Waals surface area contributed by atoms with Crippen molar-refractivity contribution in [3.63, 3.8) is 0 Å². The Balaban J connectivity index is 1.96. The Hall–Kier alpha value is -2.97. The zero-order chi connectivity index (χ0) is 16.2. The van der Waals surface area contributed by atoms with Crippen molar-refractivity contribution >= 4 is 17.4 Å². The summed E-state index contributed by atoms with van der Waals surface area (Å²) in [6.07, 6.45) is -3.43. The van der Waals surface area contributed by atoms with Gasteiger partial charge < -0.3 is 20.5 Å². The number of aromatic hydroxyl groups is 1. The zero-order valence-electron chi connectivity index (χ0n) is 10.9. The van der Waals surface area contributed by atoms with E-state index in [0.717, 1.165) is 12.1 Å². The van der Waals surface area contributed by atoms with Crippen molar-refractivity contribution in [1.29, 1.82) is 0 Å². The Kier molecular flexibility index (Phi) is 4.35. The maximum atomic E-state index is 12.0. The number of halogens is 3. The number of anilines is 2. The minimum absolute atomic E-state index is 0.0945. The van der Waals surface area contributed by atoms with Gasteiger partial charge in [0.15, 0.2) is 0 Å². The molecule has 0 aliphatic rings. The highest BCUT2D eigenvalue weighted by atomic mass is 19.4. The lowest BCUT2D eigenvalue weighted by molar-refractivity contribution is -0.274. The molecule has 0 saturated heterocycles. The lowest BCUT2D eigenvalue weighted by Gasteiger charge is -2.10. The minimum Gasteiger partial charge on any atom is -0.492 e. The molecule has 0 fully saturated rings. The summed E-state index contributed by atoms with van der Waals surface area (Å²) in [4.78, 5) is 15.3. The van der Waals surface area contributed by atoms with Crippen molar-refractivity contribution < 1.29 is 27.8 Å². The molecule has 116 valence electrons. The Morgan fingerprint density at radius 2 is 1.82 bits per heavy atom. The first-order valence-corrected chi connectivity index (χ1v) is 5.91. The quantitative estimate of drug-likeness (QED) is 0.811. The number of pyridine rings is 1. The number of aromatic nitrogens is 1. The van der Waals surface area contributed by atoms with Gasteiger partial charge in [0.05, 0.1) is 0 Å². The third kappa shape index (κ3) is 4.54. The Morgan fingerprint density at radius 1 is 1.14 bits per heavy atom. The number of urea groups is 1. The summed E-state index contributed by atoms with van der Waals surface area (Å²) >= 11 is 0. The molecular weight excluding hydrogens is 303 g/mol. The Morgan fingerprint density at radius 3 is 2.41 bits per heavy atom. The van der Waals surface area contributed by atoms with E-state index in [4.69, 9.17) is 0 Å². The van der Waals surface area contributed by atoms with Gasteiger partial charge in [-0.2, -0.15) is 0 Å². The monoisotopic (exact) mass is 313 g/mol. The molecule has 1 aromatic carbocycles. The van der Waals surface area contributed by atoms with Crippen LogP contribution in [-0.4, -0.2) is 22.5 Å². The fourth-order valence-corrected chi connectivity index (χ4v) is 1.52. The van der Waals surface area contributed by atoms with Gasteiger partial charge in [-0.15, -0.1) is 13.2 Å². The van der Waals surface area contributed by atoms with Gasteiger partial charge in [-0.05, 0) is 36.4 Å². The predicted octanol–water partition coefficient (Wildman–Crippen LogP) is 3.33. The first-order chi connectivity index (χ1) is 10.3. The van der Waals surface area contributed by atoms with Gasteiger partial charge in [0.1, 0.15) is 11.4 Å². The van der Waals surface area contributed by atoms with Crippen molar-refractivity contribution in [3.8, 4) is 11.6 Å². The second-order valence-electron chi connectivity index (χ2n) is 4.03. The van der Waals surface area contributed by atoms with Crippen LogP contribution in [0.1, 0.15) is 0 Å². The fourth-order valence-electron chi connectivity index (χ4n) is 1.52. The van der Waals surface area contributed by atoms with Crippen molar-refractivity contribution in [3.05, 3.63) is 42.6 Å². The summed E-state index contributed by atoms with van der Waals surface area (Å²) in [7, 11) is 0. The van der Waals surface area contributed by atoms with Crippen molar-refractivity contribution in [2.45, 2.75) is 6.36 Å². The zero-order valence-corrected chi connectivity index (χ0v) is 10.9. The average Bonchev–Trinajstić information content (AvgIpc) is 2.42. The van der Waals surface area contributed by atoms with Crippen LogP contribution in [0.15, 0.2) is 42.6 Å². The summed E-state index contributed by atoms with van der Waals surface area (Å²) in [6, 6.07) is 6.86. The molecule has 2 aromatic rings. The van der Waals surface area contributed by atoms with E-state index in [1.165, 1.54) is 30.5 Å². The van der Waals surface area contributed by atoms with Gasteiger partial charge >= 0.3 is 12.4 Å². The van der Waals surface area contributed by atoms with Crippen molar-refractivity contribution in [1.82, 2.24) is 4.98 Å². The average molecular weight is 313 g/mol. The number of ether oxygens (including phenoxy) is 1. The number of hydrogen-bond donors (Lipinski definition) is 3. The molecule has 0 aliphatic carbocycles. The highest BCUT2D eigenvalue weighted by Crippen LogP contribution is 2.24. The first kappa shape index (κ1) is 15.4. The second kappa shape index (κ2) is 6.20. The third-order valence-electron chi connectivity index (χ3n) is 2.38. The molecule has 0 spiro atoms. The molecule has 0 aliphatic heterocycles. The number of nitrogens with one attached hydrogen (secondary N) is 2. The predicted molar refractivity (Wildman–Crippen MR) is 71.7 cm³/mol. The van der Waals surface area contributed by atoms with Crippen LogP contribution >= 0.6 is 0 Å². The normalized spacial score (nSPS) is 10.9. The molecule has 2 amide bonds. The standard InChI is InChI=1S/C13H10F3N3O3/c14-13(15,16)22-9-5-3-8(4-6-9)18-12(21)19-10-2-1-7-17-11(10)20/h1-7H,(H,17,20)(H2,18,19,21). The number of carbonyl (C=O) groups is 1. The van der Waals surface area contributed by atoms with Gasteiger partial charge in [0, 0.05) is 11.9 Å². The van der Waals surface area contributed by atoms with E-state index < -0.39 is 18.1 Å². The molecule has 0 saturated carbocycles. The number of benzene rings is 1. The molecular formula is C13H10F3N3O3. The molecule has 6 nitrogen and oxygen atoms in total. The number of carbonyl (C=O) groups excluding carboxylic acids is 1. The number of hydrogen-bond acceptors (Lipinski definition) is 4. The fraction of sp³-hybridized carbons (Fsp3) is 0.0769. The molecule has 1 heterocycles. The lowest BCUT2D eigenvalue weighted by atomic mass is 10.3. The summed E-state index contributed by atoms with van der Waals surface area (Å²) in [5.74, 6) is -0.755. The topological polar surface area (TPSA) is 83.5 Å². The Labute approximate surface area is 122 Å². The molecule has 0 unspecified atom stereocenters. The van der Waals surface area contributed by atoms with Crippen molar-refractivity contribution in [2.24, 2.45) is 0 Å². The summed E-state index contributed by atoms with van der Waals surface area (Å²) < 4.78 is 39.7. The largest absolute Gasteiger partial charge is 0.573 e. The smallest absolute Gasteiger partial charge is 0.492 e. The lowest BCUT2D eigenvalue weighted by Crippen LogP contribution is -2.20. The summed E-state index contributed by atoms with van der Waals surface area (Å²) in [5, 5.41) is 14.1. The maximum Gasteiger partial charge on any atom is 0.573 e. The van der Waals surface area contributed by atoms with Gasteiger partial charge in [-0.1, -0.05) is 0 Å². The molecule has 3 N–H and O–H groups in total. The van der Waals surface area contributed by atoms with Crippen LogP contribution in [0.2, 0.25) is 0 Å². The first-order valence-electron chi connectivity index (χ1n) is 5.91. The van der Waals surface area contributed by atoms with Gasteiger partial charge in [-0.3, -0.25) is 0 Å². The van der Waals surface area contributed by atoms with Gasteiger partial charge in [0.25, 0.3) is 0 Å². The number of amides is 2. The number of alkyl halides is 3. The van der Waals surface area contributed by atoms with Crippen LogP contribution in [-0.2, 0) is 0 Å². The van der Waals surface area contributed by atoms with E-state index in [-0.39, 0.29) is 17.3 Å². The molecule has 1 aromatic heterocycles. The van der Waals surface area contributed by atoms with Crippen LogP contribution in [0.4, 0.5) is 29.3 Å². The highest BCUT2D eigenvalue weighted by molar-refractivity contribution is 6.00. The molecule has 22 heavy (non-hydrogen) atoms. The van der Waals surface area contributed by atoms with E-state index in [2.05, 4.69) is 20.4 Å². The number of rotatable bonds is 3. The van der Waals surface area contributed by atoms with Crippen LogP contribution in [0.3, 0.4) is 0 Å². The van der Waals surface area contributed by atoms with Crippen LogP contribution < -0.4 is 15.4 Å². The van der Waals surface area contributed by atoms with E-state index >= 15 is 0 Å². The van der Waals surface area contributed by atoms with Gasteiger partial charge in [0.2, 0.25) is 5.88 Å². The number of nitrogens with zero attached hydrogens (tertiary/aromatic N) is 1. The van der Waals surface area contributed by atoms with Crippen LogP contribution in [0.5, 0.6) is 11.6 Å². The highest BCUT2D eigenvalue weighted by Gasteiger charge is 2.30. The van der Waals surface area contributed by atoms with E-state index in [9.17, 15) is 23.1 Å². The van der Waals surface area contributed by atoms with Gasteiger partial charge in [-0.25, -0.2) is 9.78 Å². The van der Waals surface area contributed by atoms with Crippen LogP contribution in [0, 0.1) is 0 Å². The summed E-state index contributed by atoms with van der Waals surface area (Å²) in [6.45, 7) is 0. The van der Waals surface area contributed by atoms with E-state index in [1.54, 1.807) is 0 Å². The second-order valence-corrected chi connectivity index (χ2v) is 4.03. The van der Waals surface area contributed by atoms with E-state index in [1.807, 2.05) is 0 Å². The summed E-state index contributed by atoms with van der Waals surface area (Å²) in [5.41, 5.74) is 0.340. The SMILES string of the molecule is O=C(Nc1ccc(OC(F)(F)F)cc1)Nc1cccnc1O.